The number of hydrogen-bond donors (Lipinski definition) is 0. The Labute approximate surface area is 99.7 Å². The number of benzene rings is 1. The summed E-state index contributed by atoms with van der Waals surface area (Å²) >= 11 is 11.7. The molecule has 0 unspecified atom stereocenters. The smallest absolute Gasteiger partial charge is 0.158 e. The summed E-state index contributed by atoms with van der Waals surface area (Å²) in [5.41, 5.74) is 0.801. The first-order chi connectivity index (χ1) is 7.00. The van der Waals surface area contributed by atoms with Crippen molar-refractivity contribution < 1.29 is 4.79 Å². The first kappa shape index (κ1) is 12.3. The summed E-state index contributed by atoms with van der Waals surface area (Å²) in [6.45, 7) is 3.71. The van der Waals surface area contributed by atoms with E-state index in [-0.39, 0.29) is 11.7 Å². The fraction of sp³-hybridized carbons (Fsp3) is 0.250. The summed E-state index contributed by atoms with van der Waals surface area (Å²) in [6, 6.07) is 5.18. The summed E-state index contributed by atoms with van der Waals surface area (Å²) in [4.78, 5) is 11.3. The van der Waals surface area contributed by atoms with Crippen molar-refractivity contribution >= 4 is 35.1 Å². The average molecular weight is 243 g/mol. The summed E-state index contributed by atoms with van der Waals surface area (Å²) in [5.74, 6) is 0.0911. The zero-order chi connectivity index (χ0) is 11.4. The Morgan fingerprint density at radius 2 is 2.00 bits per heavy atom. The van der Waals surface area contributed by atoms with E-state index in [0.717, 1.165) is 5.56 Å². The highest BCUT2D eigenvalue weighted by molar-refractivity contribution is 6.35. The molecule has 1 aromatic rings. The summed E-state index contributed by atoms with van der Waals surface area (Å²) < 4.78 is 0. The number of rotatable bonds is 3. The number of hydrogen-bond acceptors (Lipinski definition) is 1. The molecule has 0 radical (unpaired) electrons. The molecule has 0 N–H and O–H groups in total. The van der Waals surface area contributed by atoms with Crippen LogP contribution in [0.2, 0.25) is 10.0 Å². The van der Waals surface area contributed by atoms with E-state index < -0.39 is 0 Å². The van der Waals surface area contributed by atoms with Crippen molar-refractivity contribution in [2.24, 2.45) is 5.92 Å². The topological polar surface area (TPSA) is 17.1 Å². The van der Waals surface area contributed by atoms with E-state index in [0.29, 0.717) is 10.0 Å². The number of carbonyl (C=O) groups is 1. The summed E-state index contributed by atoms with van der Waals surface area (Å²) in [7, 11) is 0. The van der Waals surface area contributed by atoms with Gasteiger partial charge in [0, 0.05) is 16.0 Å². The molecule has 1 nitrogen and oxygen atoms in total. The van der Waals surface area contributed by atoms with E-state index in [1.54, 1.807) is 30.4 Å². The van der Waals surface area contributed by atoms with Gasteiger partial charge in [-0.15, -0.1) is 0 Å². The lowest BCUT2D eigenvalue weighted by molar-refractivity contribution is -0.117. The van der Waals surface area contributed by atoms with Crippen molar-refractivity contribution in [3.63, 3.8) is 0 Å². The van der Waals surface area contributed by atoms with Gasteiger partial charge >= 0.3 is 0 Å². The minimum atomic E-state index is 0.00678. The molecule has 0 aromatic heterocycles. The second kappa shape index (κ2) is 5.34. The number of halogens is 2. The SMILES string of the molecule is CC(C)C(=O)/C=C/c1ccc(Cl)cc1Cl. The molecule has 1 rings (SSSR count). The van der Waals surface area contributed by atoms with Crippen LogP contribution in [0.4, 0.5) is 0 Å². The Bertz CT molecular complexity index is 395. The number of ketones is 1. The van der Waals surface area contributed by atoms with Gasteiger partial charge in [-0.2, -0.15) is 0 Å². The van der Waals surface area contributed by atoms with Crippen molar-refractivity contribution in [2.75, 3.05) is 0 Å². The maximum atomic E-state index is 11.3. The fourth-order valence-electron chi connectivity index (χ4n) is 1.00. The normalized spacial score (nSPS) is 11.3. The van der Waals surface area contributed by atoms with Crippen molar-refractivity contribution in [1.29, 1.82) is 0 Å². The molecular weight excluding hydrogens is 231 g/mol. The van der Waals surface area contributed by atoms with E-state index in [4.69, 9.17) is 23.2 Å². The Morgan fingerprint density at radius 1 is 1.33 bits per heavy atom. The molecule has 15 heavy (non-hydrogen) atoms. The first-order valence-electron chi connectivity index (χ1n) is 4.67. The Balaban J connectivity index is 2.85. The Kier molecular flexibility index (Phi) is 4.37. The van der Waals surface area contributed by atoms with Crippen LogP contribution in [0.1, 0.15) is 19.4 Å². The van der Waals surface area contributed by atoms with E-state index in [2.05, 4.69) is 0 Å². The van der Waals surface area contributed by atoms with Crippen LogP contribution in [0, 0.1) is 5.92 Å². The summed E-state index contributed by atoms with van der Waals surface area (Å²) in [6.07, 6.45) is 3.25. The third kappa shape index (κ3) is 3.69. The standard InChI is InChI=1S/C12H12Cl2O/c1-8(2)12(15)6-4-9-3-5-10(13)7-11(9)14/h3-8H,1-2H3/b6-4+. The van der Waals surface area contributed by atoms with Gasteiger partial charge in [-0.05, 0) is 29.8 Å². The predicted octanol–water partition coefficient (Wildman–Crippen LogP) is 4.23. The molecule has 0 aliphatic rings. The molecule has 3 heteroatoms. The van der Waals surface area contributed by atoms with E-state index >= 15 is 0 Å². The van der Waals surface area contributed by atoms with Gasteiger partial charge in [0.05, 0.1) is 0 Å². The maximum absolute atomic E-state index is 11.3. The van der Waals surface area contributed by atoms with E-state index in [1.807, 2.05) is 13.8 Å². The van der Waals surface area contributed by atoms with Crippen LogP contribution in [-0.4, -0.2) is 5.78 Å². The zero-order valence-corrected chi connectivity index (χ0v) is 10.1. The van der Waals surface area contributed by atoms with Crippen LogP contribution in [0.25, 0.3) is 6.08 Å². The van der Waals surface area contributed by atoms with Crippen LogP contribution in [0.3, 0.4) is 0 Å². The molecule has 0 amide bonds. The van der Waals surface area contributed by atoms with Crippen molar-refractivity contribution in [1.82, 2.24) is 0 Å². The van der Waals surface area contributed by atoms with Gasteiger partial charge < -0.3 is 0 Å². The van der Waals surface area contributed by atoms with Gasteiger partial charge in [-0.25, -0.2) is 0 Å². The van der Waals surface area contributed by atoms with Crippen LogP contribution < -0.4 is 0 Å². The van der Waals surface area contributed by atoms with Crippen LogP contribution in [0.15, 0.2) is 24.3 Å². The van der Waals surface area contributed by atoms with Gasteiger partial charge in [0.1, 0.15) is 0 Å². The summed E-state index contributed by atoms with van der Waals surface area (Å²) in [5, 5.41) is 1.14. The van der Waals surface area contributed by atoms with Gasteiger partial charge in [0.25, 0.3) is 0 Å². The molecule has 0 saturated heterocycles. The lowest BCUT2D eigenvalue weighted by Crippen LogP contribution is -2.01. The molecule has 0 bridgehead atoms. The van der Waals surface area contributed by atoms with Gasteiger partial charge in [-0.3, -0.25) is 4.79 Å². The lowest BCUT2D eigenvalue weighted by atomic mass is 10.1. The molecule has 0 spiro atoms. The number of carbonyl (C=O) groups excluding carboxylic acids is 1. The molecule has 0 aliphatic heterocycles. The van der Waals surface area contributed by atoms with Crippen LogP contribution in [-0.2, 0) is 4.79 Å². The molecule has 0 heterocycles. The molecule has 80 valence electrons. The van der Waals surface area contributed by atoms with Crippen molar-refractivity contribution in [3.8, 4) is 0 Å². The third-order valence-corrected chi connectivity index (χ3v) is 2.52. The van der Waals surface area contributed by atoms with Gasteiger partial charge in [-0.1, -0.05) is 43.1 Å². The van der Waals surface area contributed by atoms with Crippen molar-refractivity contribution in [3.05, 3.63) is 39.9 Å². The Morgan fingerprint density at radius 3 is 2.53 bits per heavy atom. The zero-order valence-electron chi connectivity index (χ0n) is 8.63. The average Bonchev–Trinajstić information content (AvgIpc) is 2.15. The van der Waals surface area contributed by atoms with Crippen molar-refractivity contribution in [2.45, 2.75) is 13.8 Å². The highest BCUT2D eigenvalue weighted by Crippen LogP contribution is 2.22. The second-order valence-corrected chi connectivity index (χ2v) is 4.40. The molecular formula is C12H12Cl2O. The third-order valence-electron chi connectivity index (χ3n) is 1.96. The Hall–Kier alpha value is -0.790. The van der Waals surface area contributed by atoms with Crippen LogP contribution in [0.5, 0.6) is 0 Å². The monoisotopic (exact) mass is 242 g/mol. The van der Waals surface area contributed by atoms with E-state index in [9.17, 15) is 4.79 Å². The highest BCUT2D eigenvalue weighted by Gasteiger charge is 2.03. The highest BCUT2D eigenvalue weighted by atomic mass is 35.5. The molecule has 0 fully saturated rings. The quantitative estimate of drug-likeness (QED) is 0.726. The molecule has 1 aromatic carbocycles. The van der Waals surface area contributed by atoms with E-state index in [1.165, 1.54) is 0 Å². The first-order valence-corrected chi connectivity index (χ1v) is 5.43. The maximum Gasteiger partial charge on any atom is 0.158 e. The second-order valence-electron chi connectivity index (χ2n) is 3.56. The predicted molar refractivity (Wildman–Crippen MR) is 65.3 cm³/mol. The fourth-order valence-corrected chi connectivity index (χ4v) is 1.47. The lowest BCUT2D eigenvalue weighted by Gasteiger charge is -1.99. The molecule has 0 aliphatic carbocycles. The largest absolute Gasteiger partial charge is 0.295 e. The minimum absolute atomic E-state index is 0.00678. The van der Waals surface area contributed by atoms with Gasteiger partial charge in [0.2, 0.25) is 0 Å². The molecule has 0 atom stereocenters. The minimum Gasteiger partial charge on any atom is -0.295 e. The van der Waals surface area contributed by atoms with Gasteiger partial charge in [0.15, 0.2) is 5.78 Å². The van der Waals surface area contributed by atoms with Crippen LogP contribution >= 0.6 is 23.2 Å². The number of allylic oxidation sites excluding steroid dienone is 1. The molecule has 0 saturated carbocycles.